The topological polar surface area (TPSA) is 77.7 Å². The number of pyridine rings is 1. The first kappa shape index (κ1) is 29.5. The summed E-state index contributed by atoms with van der Waals surface area (Å²) in [5, 5.41) is 6.10. The van der Waals surface area contributed by atoms with Crippen LogP contribution in [0.2, 0.25) is 0 Å². The highest BCUT2D eigenvalue weighted by Crippen LogP contribution is 2.43. The summed E-state index contributed by atoms with van der Waals surface area (Å²) in [5.74, 6) is 0.799. The van der Waals surface area contributed by atoms with E-state index in [0.29, 0.717) is 45.1 Å². The van der Waals surface area contributed by atoms with Crippen LogP contribution in [0.1, 0.15) is 73.5 Å². The molecule has 0 saturated carbocycles. The van der Waals surface area contributed by atoms with Crippen molar-refractivity contribution in [3.8, 4) is 5.69 Å². The van der Waals surface area contributed by atoms with E-state index in [1.165, 1.54) is 0 Å². The molecule has 1 fully saturated rings. The molecule has 0 atom stereocenters. The van der Waals surface area contributed by atoms with E-state index < -0.39 is 6.43 Å². The molecule has 0 unspecified atom stereocenters. The molecule has 4 aromatic rings. The fourth-order valence-electron chi connectivity index (χ4n) is 7.04. The Labute approximate surface area is 261 Å². The first-order valence-corrected chi connectivity index (χ1v) is 15.8. The van der Waals surface area contributed by atoms with E-state index in [0.717, 1.165) is 76.9 Å². The third kappa shape index (κ3) is 5.37. The molecular weight excluding hydrogens is 578 g/mol. The van der Waals surface area contributed by atoms with Crippen LogP contribution in [0.4, 0.5) is 20.3 Å². The molecule has 0 radical (unpaired) electrons. The van der Waals surface area contributed by atoms with E-state index in [1.54, 1.807) is 31.6 Å². The summed E-state index contributed by atoms with van der Waals surface area (Å²) >= 11 is 0. The van der Waals surface area contributed by atoms with E-state index in [2.05, 4.69) is 14.6 Å². The molecule has 3 aliphatic heterocycles. The van der Waals surface area contributed by atoms with Crippen LogP contribution < -0.4 is 4.90 Å². The van der Waals surface area contributed by atoms with Gasteiger partial charge in [0.25, 0.3) is 6.43 Å². The Balaban J connectivity index is 1.35. The summed E-state index contributed by atoms with van der Waals surface area (Å²) in [6.07, 6.45) is 10.2. The van der Waals surface area contributed by atoms with E-state index in [4.69, 9.17) is 14.6 Å². The minimum Gasteiger partial charge on any atom is -0.501 e. The average molecular weight is 617 g/mol. The predicted molar refractivity (Wildman–Crippen MR) is 168 cm³/mol. The number of aromatic nitrogens is 4. The molecule has 6 heterocycles. The summed E-state index contributed by atoms with van der Waals surface area (Å²) in [6, 6.07) is 5.67. The molecule has 1 amide bonds. The fourth-order valence-corrected chi connectivity index (χ4v) is 7.04. The van der Waals surface area contributed by atoms with E-state index in [9.17, 15) is 13.6 Å². The Morgan fingerprint density at radius 1 is 1.18 bits per heavy atom. The van der Waals surface area contributed by atoms with Crippen molar-refractivity contribution in [1.29, 1.82) is 0 Å². The van der Waals surface area contributed by atoms with Crippen LogP contribution in [0.15, 0.2) is 43.1 Å². The van der Waals surface area contributed by atoms with Gasteiger partial charge in [-0.1, -0.05) is 0 Å². The lowest BCUT2D eigenvalue weighted by Gasteiger charge is -2.33. The Bertz CT molecular complexity index is 1760. The van der Waals surface area contributed by atoms with E-state index in [-0.39, 0.29) is 17.5 Å². The number of carbonyl (C=O) groups excluding carboxylic acids is 1. The fraction of sp³-hybridized carbons (Fsp3) is 0.441. The number of rotatable bonds is 7. The van der Waals surface area contributed by atoms with Crippen LogP contribution in [0.3, 0.4) is 0 Å². The van der Waals surface area contributed by atoms with Gasteiger partial charge in [-0.05, 0) is 62.4 Å². The Hall–Kier alpha value is -4.25. The van der Waals surface area contributed by atoms with Crippen LogP contribution in [0.5, 0.6) is 0 Å². The standard InChI is InChI=1S/C34H38F2N6O3/c1-3-44-14-8-24-20-41(32-19-37-11-6-26(24)32)31-17-23-5-4-12-40(30(23)18-27(31)33(35)36)34-28-21-39(22(2)43)13-7-29(28)42(38-34)25-9-15-45-16-10-25/h6,8,11,14,17-20,25,33H,3-5,7,9-10,12-13,15-16,21H2,1-2H3/b14-8+. The minimum absolute atomic E-state index is 0.0259. The summed E-state index contributed by atoms with van der Waals surface area (Å²) in [7, 11) is 0. The quantitative estimate of drug-likeness (QED) is 0.221. The second-order valence-corrected chi connectivity index (χ2v) is 11.9. The second-order valence-electron chi connectivity index (χ2n) is 11.9. The van der Waals surface area contributed by atoms with Crippen molar-refractivity contribution in [3.63, 3.8) is 0 Å². The number of anilines is 2. The van der Waals surface area contributed by atoms with Gasteiger partial charge in [-0.15, -0.1) is 0 Å². The van der Waals surface area contributed by atoms with Gasteiger partial charge >= 0.3 is 0 Å². The number of carbonyl (C=O) groups is 1. The number of fused-ring (bicyclic) bond motifs is 3. The van der Waals surface area contributed by atoms with Crippen molar-refractivity contribution in [2.45, 2.75) is 65.0 Å². The molecule has 0 aliphatic carbocycles. The van der Waals surface area contributed by atoms with E-state index in [1.807, 2.05) is 40.8 Å². The average Bonchev–Trinajstić information content (AvgIpc) is 3.63. The summed E-state index contributed by atoms with van der Waals surface area (Å²) in [5.41, 5.74) is 5.91. The molecule has 11 heteroatoms. The lowest BCUT2D eigenvalue weighted by atomic mass is 9.96. The van der Waals surface area contributed by atoms with Crippen molar-refractivity contribution in [3.05, 3.63) is 71.0 Å². The van der Waals surface area contributed by atoms with Gasteiger partial charge in [-0.3, -0.25) is 14.5 Å². The Kier molecular flexibility index (Phi) is 8.03. The second kappa shape index (κ2) is 12.3. The highest BCUT2D eigenvalue weighted by atomic mass is 19.3. The minimum atomic E-state index is -2.70. The number of hydrogen-bond donors (Lipinski definition) is 0. The molecule has 7 rings (SSSR count). The first-order chi connectivity index (χ1) is 21.9. The Morgan fingerprint density at radius 3 is 2.80 bits per heavy atom. The zero-order chi connectivity index (χ0) is 31.1. The number of halogens is 2. The molecule has 1 aromatic carbocycles. The van der Waals surface area contributed by atoms with Crippen LogP contribution in [0.25, 0.3) is 22.7 Å². The zero-order valence-corrected chi connectivity index (χ0v) is 25.7. The summed E-state index contributed by atoms with van der Waals surface area (Å²) in [6.45, 7) is 7.20. The van der Waals surface area contributed by atoms with Gasteiger partial charge in [0.05, 0.1) is 42.9 Å². The van der Waals surface area contributed by atoms with Crippen molar-refractivity contribution in [2.24, 2.45) is 0 Å². The van der Waals surface area contributed by atoms with Crippen LogP contribution >= 0.6 is 0 Å². The van der Waals surface area contributed by atoms with Crippen molar-refractivity contribution in [1.82, 2.24) is 24.2 Å². The van der Waals surface area contributed by atoms with Gasteiger partial charge in [0.15, 0.2) is 5.82 Å². The summed E-state index contributed by atoms with van der Waals surface area (Å²) in [4.78, 5) is 20.7. The van der Waals surface area contributed by atoms with Crippen molar-refractivity contribution >= 4 is 34.4 Å². The highest BCUT2D eigenvalue weighted by molar-refractivity contribution is 5.90. The van der Waals surface area contributed by atoms with Gasteiger partial charge in [0, 0.05) is 85.5 Å². The largest absolute Gasteiger partial charge is 0.501 e. The molecule has 1 saturated heterocycles. The molecule has 0 N–H and O–H groups in total. The number of ether oxygens (including phenoxy) is 2. The smallest absolute Gasteiger partial charge is 0.265 e. The zero-order valence-electron chi connectivity index (χ0n) is 25.7. The molecule has 0 spiro atoms. The molecule has 236 valence electrons. The van der Waals surface area contributed by atoms with Crippen molar-refractivity contribution < 1.29 is 23.0 Å². The Morgan fingerprint density at radius 2 is 2.02 bits per heavy atom. The molecule has 3 aromatic heterocycles. The highest BCUT2D eigenvalue weighted by Gasteiger charge is 2.34. The summed E-state index contributed by atoms with van der Waals surface area (Å²) < 4.78 is 45.0. The molecule has 45 heavy (non-hydrogen) atoms. The lowest BCUT2D eigenvalue weighted by Crippen LogP contribution is -2.36. The maximum Gasteiger partial charge on any atom is 0.265 e. The lowest BCUT2D eigenvalue weighted by molar-refractivity contribution is -0.129. The normalized spacial score (nSPS) is 17.4. The third-order valence-corrected chi connectivity index (χ3v) is 9.29. The SMILES string of the molecule is CCO/C=C/c1cn(-c2cc3c(cc2C(F)F)N(c2nn(C4CCOCC4)c4c2CN(C(C)=O)CC4)CCC3)c2cnccc12. The van der Waals surface area contributed by atoms with Crippen LogP contribution in [0, 0.1) is 0 Å². The van der Waals surface area contributed by atoms with Crippen LogP contribution in [-0.2, 0) is 33.7 Å². The molecule has 0 bridgehead atoms. The number of amides is 1. The van der Waals surface area contributed by atoms with Gasteiger partial charge in [0.1, 0.15) is 0 Å². The number of hydrogen-bond acceptors (Lipinski definition) is 6. The van der Waals surface area contributed by atoms with Crippen molar-refractivity contribution in [2.75, 3.05) is 37.8 Å². The first-order valence-electron chi connectivity index (χ1n) is 15.8. The van der Waals surface area contributed by atoms with Crippen LogP contribution in [-0.4, -0.2) is 63.0 Å². The molecule has 3 aliphatic rings. The molecular formula is C34H38F2N6O3. The molecule has 9 nitrogen and oxygen atoms in total. The predicted octanol–water partition coefficient (Wildman–Crippen LogP) is 6.51. The monoisotopic (exact) mass is 616 g/mol. The van der Waals surface area contributed by atoms with E-state index >= 15 is 0 Å². The number of alkyl halides is 2. The third-order valence-electron chi connectivity index (χ3n) is 9.29. The van der Waals surface area contributed by atoms with Gasteiger partial charge in [-0.25, -0.2) is 8.78 Å². The van der Waals surface area contributed by atoms with Gasteiger partial charge < -0.3 is 23.8 Å². The number of benzene rings is 1. The number of aryl methyl sites for hydroxylation is 1. The maximum atomic E-state index is 15.0. The number of nitrogens with zero attached hydrogens (tertiary/aromatic N) is 6. The van der Waals surface area contributed by atoms with Gasteiger partial charge in [0.2, 0.25) is 5.91 Å². The maximum absolute atomic E-state index is 15.0. The van der Waals surface area contributed by atoms with Gasteiger partial charge in [-0.2, -0.15) is 5.10 Å².